The van der Waals surface area contributed by atoms with E-state index in [0.29, 0.717) is 0 Å². The van der Waals surface area contributed by atoms with Crippen molar-refractivity contribution in [1.29, 1.82) is 0 Å². The van der Waals surface area contributed by atoms with Gasteiger partial charge in [-0.25, -0.2) is 0 Å². The van der Waals surface area contributed by atoms with Crippen LogP contribution in [0.15, 0.2) is 0 Å². The van der Waals surface area contributed by atoms with Crippen molar-refractivity contribution < 1.29 is 30.0 Å². The minimum Gasteiger partial charge on any atom is -0.462 e. The molecule has 0 saturated carbocycles. The van der Waals surface area contributed by atoms with E-state index in [2.05, 4.69) is 4.74 Å². The SMILES string of the molecule is C[C@H](O)[C@H](O)[C@@H](O)[C@@H](O)COC(=O)CN.[Na]. The van der Waals surface area contributed by atoms with Crippen LogP contribution < -0.4 is 5.73 Å². The summed E-state index contributed by atoms with van der Waals surface area (Å²) in [6.45, 7) is 0.440. The smallest absolute Gasteiger partial charge is 0.319 e. The number of carbonyl (C=O) groups excluding carboxylic acids is 1. The molecular weight excluding hydrogens is 229 g/mol. The first-order valence-corrected chi connectivity index (χ1v) is 4.48. The summed E-state index contributed by atoms with van der Waals surface area (Å²) in [6, 6.07) is 0. The Balaban J connectivity index is 0. The number of nitrogens with two attached hydrogens (primary N) is 1. The molecule has 1 radical (unpaired) electrons. The fourth-order valence-electron chi connectivity index (χ4n) is 0.849. The maximum Gasteiger partial charge on any atom is 0.319 e. The van der Waals surface area contributed by atoms with Gasteiger partial charge >= 0.3 is 5.97 Å². The van der Waals surface area contributed by atoms with Crippen LogP contribution in [0.1, 0.15) is 6.92 Å². The van der Waals surface area contributed by atoms with Crippen LogP contribution in [-0.4, -0.2) is 93.5 Å². The maximum atomic E-state index is 10.6. The van der Waals surface area contributed by atoms with Crippen molar-refractivity contribution in [3.63, 3.8) is 0 Å². The zero-order chi connectivity index (χ0) is 12.0. The molecular formula is C8H17NNaO6. The van der Waals surface area contributed by atoms with Crippen LogP contribution in [0.3, 0.4) is 0 Å². The van der Waals surface area contributed by atoms with Gasteiger partial charge in [-0.2, -0.15) is 0 Å². The molecule has 0 spiro atoms. The van der Waals surface area contributed by atoms with E-state index in [0.717, 1.165) is 0 Å². The van der Waals surface area contributed by atoms with Crippen LogP contribution in [0.25, 0.3) is 0 Å². The minimum absolute atomic E-state index is 0. The van der Waals surface area contributed by atoms with Gasteiger partial charge in [-0.1, -0.05) is 0 Å². The summed E-state index contributed by atoms with van der Waals surface area (Å²) in [5, 5.41) is 36.6. The monoisotopic (exact) mass is 246 g/mol. The molecule has 0 aliphatic rings. The number of hydrogen-bond donors (Lipinski definition) is 5. The molecule has 91 valence electrons. The van der Waals surface area contributed by atoms with Gasteiger partial charge in [0, 0.05) is 29.6 Å². The Kier molecular flexibility index (Phi) is 10.8. The van der Waals surface area contributed by atoms with Crippen LogP contribution in [-0.2, 0) is 9.53 Å². The number of carbonyl (C=O) groups is 1. The van der Waals surface area contributed by atoms with E-state index in [-0.39, 0.29) is 36.1 Å². The molecule has 0 heterocycles. The predicted molar refractivity (Wildman–Crippen MR) is 55.5 cm³/mol. The summed E-state index contributed by atoms with van der Waals surface area (Å²) in [7, 11) is 0. The van der Waals surface area contributed by atoms with Crippen molar-refractivity contribution in [3.8, 4) is 0 Å². The topological polar surface area (TPSA) is 133 Å². The number of rotatable bonds is 6. The first-order valence-electron chi connectivity index (χ1n) is 4.48. The molecule has 0 rings (SSSR count). The van der Waals surface area contributed by atoms with Crippen molar-refractivity contribution >= 4 is 35.5 Å². The van der Waals surface area contributed by atoms with Crippen molar-refractivity contribution in [2.45, 2.75) is 31.3 Å². The third kappa shape index (κ3) is 6.77. The standard InChI is InChI=1S/C8H17NO6.Na/c1-4(10)7(13)8(14)5(11)3-15-6(12)2-9;/h4-5,7-8,10-11,13-14H,2-3,9H2,1H3;/t4-,5-,7-,8-;/m0./s1. The molecule has 0 saturated heterocycles. The van der Waals surface area contributed by atoms with Crippen molar-refractivity contribution in [3.05, 3.63) is 0 Å². The molecule has 0 aromatic carbocycles. The Morgan fingerprint density at radius 1 is 1.25 bits per heavy atom. The summed E-state index contributed by atoms with van der Waals surface area (Å²) in [4.78, 5) is 10.6. The number of esters is 1. The van der Waals surface area contributed by atoms with Gasteiger partial charge in [-0.3, -0.25) is 4.79 Å². The van der Waals surface area contributed by atoms with E-state index in [1.807, 2.05) is 0 Å². The second-order valence-corrected chi connectivity index (χ2v) is 3.18. The van der Waals surface area contributed by atoms with Crippen molar-refractivity contribution in [2.24, 2.45) is 5.73 Å². The molecule has 0 amide bonds. The van der Waals surface area contributed by atoms with E-state index >= 15 is 0 Å². The van der Waals surface area contributed by atoms with Crippen LogP contribution in [0.2, 0.25) is 0 Å². The van der Waals surface area contributed by atoms with E-state index in [1.54, 1.807) is 0 Å². The summed E-state index contributed by atoms with van der Waals surface area (Å²) >= 11 is 0. The van der Waals surface area contributed by atoms with Gasteiger partial charge in [0.15, 0.2) is 0 Å². The normalized spacial score (nSPS) is 17.9. The van der Waals surface area contributed by atoms with Crippen LogP contribution in [0, 0.1) is 0 Å². The molecule has 0 aliphatic carbocycles. The van der Waals surface area contributed by atoms with Crippen LogP contribution in [0.5, 0.6) is 0 Å². The fourth-order valence-corrected chi connectivity index (χ4v) is 0.849. The molecule has 4 atom stereocenters. The average Bonchev–Trinajstić information content (AvgIpc) is 2.22. The Morgan fingerprint density at radius 3 is 2.12 bits per heavy atom. The maximum absolute atomic E-state index is 10.6. The van der Waals surface area contributed by atoms with E-state index < -0.39 is 37.0 Å². The van der Waals surface area contributed by atoms with Gasteiger partial charge in [-0.15, -0.1) is 0 Å². The van der Waals surface area contributed by atoms with Gasteiger partial charge in [-0.05, 0) is 6.92 Å². The first-order chi connectivity index (χ1) is 6.90. The Hall–Kier alpha value is 0.270. The van der Waals surface area contributed by atoms with E-state index in [4.69, 9.17) is 15.9 Å². The second-order valence-electron chi connectivity index (χ2n) is 3.18. The van der Waals surface area contributed by atoms with Crippen LogP contribution in [0.4, 0.5) is 0 Å². The summed E-state index contributed by atoms with van der Waals surface area (Å²) in [6.07, 6.45) is -5.75. The van der Waals surface area contributed by atoms with E-state index in [9.17, 15) is 15.0 Å². The van der Waals surface area contributed by atoms with Crippen molar-refractivity contribution in [1.82, 2.24) is 0 Å². The van der Waals surface area contributed by atoms with Gasteiger partial charge in [0.05, 0.1) is 12.6 Å². The van der Waals surface area contributed by atoms with Gasteiger partial charge in [0.1, 0.15) is 24.9 Å². The largest absolute Gasteiger partial charge is 0.462 e. The molecule has 0 aromatic heterocycles. The minimum atomic E-state index is -1.59. The molecule has 16 heavy (non-hydrogen) atoms. The Labute approximate surface area is 115 Å². The summed E-state index contributed by atoms with van der Waals surface area (Å²) in [5.74, 6) is -0.729. The molecule has 0 aromatic rings. The number of ether oxygens (including phenoxy) is 1. The first kappa shape index (κ1) is 18.6. The fraction of sp³-hybridized carbons (Fsp3) is 0.875. The Bertz CT molecular complexity index is 203. The number of aliphatic hydroxyl groups is 4. The molecule has 0 unspecified atom stereocenters. The number of hydrogen-bond acceptors (Lipinski definition) is 7. The summed E-state index contributed by atoms with van der Waals surface area (Å²) in [5.41, 5.74) is 4.93. The third-order valence-electron chi connectivity index (χ3n) is 1.82. The quantitative estimate of drug-likeness (QED) is 0.243. The van der Waals surface area contributed by atoms with Gasteiger partial charge < -0.3 is 30.9 Å². The average molecular weight is 246 g/mol. The van der Waals surface area contributed by atoms with Crippen LogP contribution >= 0.6 is 0 Å². The van der Waals surface area contributed by atoms with E-state index in [1.165, 1.54) is 6.92 Å². The molecule has 7 nitrogen and oxygen atoms in total. The molecule has 0 bridgehead atoms. The van der Waals surface area contributed by atoms with Gasteiger partial charge in [0.2, 0.25) is 0 Å². The molecule has 0 fully saturated rings. The zero-order valence-corrected chi connectivity index (χ0v) is 11.4. The summed E-state index contributed by atoms with van der Waals surface area (Å²) < 4.78 is 4.44. The number of aliphatic hydroxyl groups excluding tert-OH is 4. The molecule has 0 aliphatic heterocycles. The Morgan fingerprint density at radius 2 is 1.75 bits per heavy atom. The second kappa shape index (κ2) is 9.32. The predicted octanol–water partition coefficient (Wildman–Crippen LogP) is -3.43. The zero-order valence-electron chi connectivity index (χ0n) is 9.41. The van der Waals surface area contributed by atoms with Crippen molar-refractivity contribution in [2.75, 3.05) is 13.2 Å². The molecule has 6 N–H and O–H groups in total. The molecule has 8 heteroatoms. The third-order valence-corrected chi connectivity index (χ3v) is 1.82. The van der Waals surface area contributed by atoms with Gasteiger partial charge in [0.25, 0.3) is 0 Å².